The van der Waals surface area contributed by atoms with Crippen molar-refractivity contribution in [3.05, 3.63) is 60.4 Å². The van der Waals surface area contributed by atoms with E-state index in [2.05, 4.69) is 32.9 Å². The summed E-state index contributed by atoms with van der Waals surface area (Å²) in [6.45, 7) is 0. The number of amides is 1. The number of rotatable bonds is 4. The summed E-state index contributed by atoms with van der Waals surface area (Å²) in [7, 11) is 0. The van der Waals surface area contributed by atoms with Gasteiger partial charge in [-0.05, 0) is 12.1 Å². The van der Waals surface area contributed by atoms with Gasteiger partial charge in [0, 0.05) is 11.6 Å². The largest absolute Gasteiger partial charge is 0.504 e. The fourth-order valence-corrected chi connectivity index (χ4v) is 2.72. The predicted octanol–water partition coefficient (Wildman–Crippen LogP) is 2.80. The van der Waals surface area contributed by atoms with Crippen molar-refractivity contribution in [1.29, 1.82) is 0 Å². The summed E-state index contributed by atoms with van der Waals surface area (Å²) in [6, 6.07) is 10.3. The molecule has 0 spiro atoms. The van der Waals surface area contributed by atoms with Gasteiger partial charge in [-0.2, -0.15) is 12.6 Å². The lowest BCUT2D eigenvalue weighted by atomic mass is 10.2. The maximum atomic E-state index is 12.4. The highest BCUT2D eigenvalue weighted by Crippen LogP contribution is 2.28. The van der Waals surface area contributed by atoms with Crippen molar-refractivity contribution < 1.29 is 14.3 Å². The van der Waals surface area contributed by atoms with E-state index in [1.165, 1.54) is 18.7 Å². The fourth-order valence-electron chi connectivity index (χ4n) is 2.49. The van der Waals surface area contributed by atoms with Crippen LogP contribution in [0.25, 0.3) is 17.0 Å². The lowest BCUT2D eigenvalue weighted by molar-refractivity contribution is 0.102. The van der Waals surface area contributed by atoms with E-state index in [4.69, 9.17) is 4.42 Å². The van der Waals surface area contributed by atoms with Crippen LogP contribution < -0.4 is 5.32 Å². The Morgan fingerprint density at radius 2 is 2.04 bits per heavy atom. The van der Waals surface area contributed by atoms with Crippen LogP contribution in [0.1, 0.15) is 16.1 Å². The number of furan rings is 1. The van der Waals surface area contributed by atoms with E-state index in [9.17, 15) is 9.90 Å². The highest BCUT2D eigenvalue weighted by atomic mass is 32.1. The topological polar surface area (TPSA) is 106 Å². The number of anilines is 1. The zero-order valence-electron chi connectivity index (χ0n) is 13.3. The third-order valence-corrected chi connectivity index (χ3v) is 4.04. The molecule has 0 aliphatic rings. The molecule has 0 unspecified atom stereocenters. The van der Waals surface area contributed by atoms with Crippen LogP contribution in [0.3, 0.4) is 0 Å². The molecule has 1 amide bonds. The molecule has 0 bridgehead atoms. The highest BCUT2D eigenvalue weighted by molar-refractivity contribution is 7.79. The van der Waals surface area contributed by atoms with Crippen molar-refractivity contribution >= 4 is 35.5 Å². The second kappa shape index (κ2) is 6.52. The summed E-state index contributed by atoms with van der Waals surface area (Å²) < 4.78 is 7.11. The molecule has 26 heavy (non-hydrogen) atoms. The van der Waals surface area contributed by atoms with Crippen LogP contribution in [0.4, 0.5) is 5.82 Å². The first-order valence-electron chi connectivity index (χ1n) is 7.64. The van der Waals surface area contributed by atoms with Crippen molar-refractivity contribution in [3.8, 4) is 11.6 Å². The van der Waals surface area contributed by atoms with E-state index < -0.39 is 0 Å². The van der Waals surface area contributed by atoms with E-state index in [1.807, 2.05) is 6.07 Å². The molecule has 0 aliphatic heterocycles. The number of fused-ring (bicyclic) bond motifs is 1. The van der Waals surface area contributed by atoms with Gasteiger partial charge < -0.3 is 14.8 Å². The molecule has 0 saturated carbocycles. The number of carbonyl (C=O) groups is 1. The number of imidazole rings is 1. The lowest BCUT2D eigenvalue weighted by Gasteiger charge is -2.05. The number of aromatic nitrogens is 4. The third-order valence-electron chi connectivity index (χ3n) is 3.76. The number of aromatic hydroxyl groups is 1. The van der Waals surface area contributed by atoms with Gasteiger partial charge in [-0.15, -0.1) is 0 Å². The van der Waals surface area contributed by atoms with Crippen LogP contribution >= 0.6 is 12.6 Å². The van der Waals surface area contributed by atoms with Gasteiger partial charge in [0.05, 0.1) is 5.75 Å². The summed E-state index contributed by atoms with van der Waals surface area (Å²) in [6.07, 6.45) is 2.81. The van der Waals surface area contributed by atoms with E-state index >= 15 is 0 Å². The van der Waals surface area contributed by atoms with Crippen molar-refractivity contribution in [2.75, 3.05) is 5.32 Å². The van der Waals surface area contributed by atoms with Crippen LogP contribution in [-0.4, -0.2) is 30.5 Å². The monoisotopic (exact) mass is 367 g/mol. The highest BCUT2D eigenvalue weighted by Gasteiger charge is 2.17. The second-order valence-electron chi connectivity index (χ2n) is 5.38. The minimum Gasteiger partial charge on any atom is -0.504 e. The van der Waals surface area contributed by atoms with Gasteiger partial charge in [0.25, 0.3) is 5.91 Å². The quantitative estimate of drug-likeness (QED) is 0.479. The van der Waals surface area contributed by atoms with Gasteiger partial charge >= 0.3 is 0 Å². The Labute approximate surface area is 152 Å². The number of benzene rings is 1. The van der Waals surface area contributed by atoms with E-state index in [1.54, 1.807) is 28.8 Å². The molecule has 9 heteroatoms. The molecular weight excluding hydrogens is 354 g/mol. The first kappa shape index (κ1) is 16.2. The molecule has 3 aromatic heterocycles. The van der Waals surface area contributed by atoms with Crippen molar-refractivity contribution in [1.82, 2.24) is 19.5 Å². The molecule has 1 aromatic carbocycles. The molecule has 0 aliphatic carbocycles. The number of thiol groups is 1. The molecule has 130 valence electrons. The number of hydrogen-bond acceptors (Lipinski definition) is 7. The Balaban J connectivity index is 1.72. The second-order valence-corrected chi connectivity index (χ2v) is 5.70. The van der Waals surface area contributed by atoms with Gasteiger partial charge in [0.1, 0.15) is 12.7 Å². The zero-order chi connectivity index (χ0) is 18.1. The van der Waals surface area contributed by atoms with E-state index in [-0.39, 0.29) is 23.2 Å². The Morgan fingerprint density at radius 1 is 1.23 bits per heavy atom. The van der Waals surface area contributed by atoms with Crippen molar-refractivity contribution in [3.63, 3.8) is 0 Å². The van der Waals surface area contributed by atoms with Gasteiger partial charge in [0.15, 0.2) is 28.5 Å². The molecule has 8 nitrogen and oxygen atoms in total. The summed E-state index contributed by atoms with van der Waals surface area (Å²) in [4.78, 5) is 24.9. The third kappa shape index (κ3) is 2.78. The fraction of sp³-hybridized carbons (Fsp3) is 0.0588. The molecule has 4 aromatic rings. The van der Waals surface area contributed by atoms with Crippen LogP contribution in [0.2, 0.25) is 0 Å². The standard InChI is InChI=1S/C17H13N5O3S/c23-11-6-13(25-12(11)7-26)22-9-20-14-15(18-8-19-16(14)22)21-17(24)10-4-2-1-3-5-10/h1-6,8-9,23,26H,7H2,(H,18,19,21,24). The average molecular weight is 367 g/mol. The van der Waals surface area contributed by atoms with Gasteiger partial charge in [-0.1, -0.05) is 18.2 Å². The predicted molar refractivity (Wildman–Crippen MR) is 97.7 cm³/mol. The smallest absolute Gasteiger partial charge is 0.256 e. The van der Waals surface area contributed by atoms with Gasteiger partial charge in [0.2, 0.25) is 5.88 Å². The van der Waals surface area contributed by atoms with E-state index in [0.29, 0.717) is 28.4 Å². The molecule has 0 saturated heterocycles. The molecular formula is C17H13N5O3S. The lowest BCUT2D eigenvalue weighted by Crippen LogP contribution is -2.13. The summed E-state index contributed by atoms with van der Waals surface area (Å²) in [5.74, 6) is 0.931. The number of nitrogens with zero attached hydrogens (tertiary/aromatic N) is 4. The zero-order valence-corrected chi connectivity index (χ0v) is 14.2. The number of nitrogens with one attached hydrogen (secondary N) is 1. The summed E-state index contributed by atoms with van der Waals surface area (Å²) in [5.41, 5.74) is 1.34. The maximum Gasteiger partial charge on any atom is 0.256 e. The van der Waals surface area contributed by atoms with Crippen molar-refractivity contribution in [2.45, 2.75) is 5.75 Å². The SMILES string of the molecule is O=C(Nc1ncnc2c1ncn2-c1cc(O)c(CS)o1)c1ccccc1. The first-order valence-corrected chi connectivity index (χ1v) is 8.28. The normalized spacial score (nSPS) is 11.0. The van der Waals surface area contributed by atoms with Crippen LogP contribution in [0.15, 0.2) is 53.5 Å². The molecule has 0 radical (unpaired) electrons. The van der Waals surface area contributed by atoms with Crippen LogP contribution in [0, 0.1) is 0 Å². The summed E-state index contributed by atoms with van der Waals surface area (Å²) in [5, 5.41) is 12.6. The first-order chi connectivity index (χ1) is 12.7. The Morgan fingerprint density at radius 3 is 2.77 bits per heavy atom. The number of carbonyl (C=O) groups excluding carboxylic acids is 1. The van der Waals surface area contributed by atoms with Gasteiger partial charge in [-0.3, -0.25) is 9.36 Å². The number of hydrogen-bond donors (Lipinski definition) is 3. The molecule has 0 atom stereocenters. The Bertz CT molecular complexity index is 1090. The van der Waals surface area contributed by atoms with Crippen LogP contribution in [0.5, 0.6) is 5.75 Å². The molecule has 2 N–H and O–H groups in total. The minimum atomic E-state index is -0.298. The van der Waals surface area contributed by atoms with Gasteiger partial charge in [-0.25, -0.2) is 15.0 Å². The van der Waals surface area contributed by atoms with E-state index in [0.717, 1.165) is 0 Å². The van der Waals surface area contributed by atoms with Crippen molar-refractivity contribution in [2.24, 2.45) is 0 Å². The maximum absolute atomic E-state index is 12.4. The summed E-state index contributed by atoms with van der Waals surface area (Å²) >= 11 is 4.10. The van der Waals surface area contributed by atoms with Crippen LogP contribution in [-0.2, 0) is 5.75 Å². The minimum absolute atomic E-state index is 0.00325. The molecule has 0 fully saturated rings. The molecule has 4 rings (SSSR count). The Kier molecular flexibility index (Phi) is 4.05. The Hall–Kier alpha value is -3.33. The average Bonchev–Trinajstić information content (AvgIpc) is 3.26. The molecule has 3 heterocycles.